The van der Waals surface area contributed by atoms with E-state index in [-0.39, 0.29) is 11.9 Å². The number of hydrogen-bond acceptors (Lipinski definition) is 2. The van der Waals surface area contributed by atoms with Gasteiger partial charge in [-0.2, -0.15) is 0 Å². The normalized spacial score (nSPS) is 12.6. The Hall–Kier alpha value is -1.32. The molecule has 114 valence electrons. The minimum absolute atomic E-state index is 0.0698. The molecule has 0 spiro atoms. The Kier molecular flexibility index (Phi) is 5.83. The second-order valence-corrected chi connectivity index (χ2v) is 5.48. The number of halogens is 2. The van der Waals surface area contributed by atoms with Gasteiger partial charge in [-0.25, -0.2) is 4.39 Å². The maximum absolute atomic E-state index is 14.0. The molecule has 0 aliphatic heterocycles. The molecule has 1 heterocycles. The van der Waals surface area contributed by atoms with Crippen molar-refractivity contribution in [3.05, 3.63) is 58.3 Å². The van der Waals surface area contributed by atoms with Crippen LogP contribution in [0.1, 0.15) is 43.4 Å². The summed E-state index contributed by atoms with van der Waals surface area (Å²) in [6, 6.07) is 8.64. The zero-order valence-corrected chi connectivity index (χ0v) is 13.2. The third-order valence-electron chi connectivity index (χ3n) is 3.49. The zero-order chi connectivity index (χ0) is 15.2. The summed E-state index contributed by atoms with van der Waals surface area (Å²) in [6.07, 6.45) is 2.33. The van der Waals surface area contributed by atoms with Crippen LogP contribution in [0.2, 0.25) is 5.02 Å². The average molecular weight is 310 g/mol. The molecule has 2 nitrogen and oxygen atoms in total. The van der Waals surface area contributed by atoms with E-state index < -0.39 is 0 Å². The lowest BCUT2D eigenvalue weighted by atomic mass is 10.0. The van der Waals surface area contributed by atoms with Gasteiger partial charge in [0.1, 0.15) is 17.3 Å². The Bertz CT molecular complexity index is 562. The SMILES string of the molecule is CCCNC(Cc1c(F)cccc1Cl)c1ccc(CC)o1. The van der Waals surface area contributed by atoms with Crippen LogP contribution in [0.5, 0.6) is 0 Å². The van der Waals surface area contributed by atoms with Gasteiger partial charge in [0, 0.05) is 17.0 Å². The van der Waals surface area contributed by atoms with Crippen LogP contribution in [0.4, 0.5) is 4.39 Å². The molecule has 2 rings (SSSR count). The van der Waals surface area contributed by atoms with Crippen molar-refractivity contribution in [1.29, 1.82) is 0 Å². The minimum Gasteiger partial charge on any atom is -0.464 e. The number of aryl methyl sites for hydroxylation is 1. The molecule has 21 heavy (non-hydrogen) atoms. The van der Waals surface area contributed by atoms with E-state index in [2.05, 4.69) is 12.2 Å². The van der Waals surface area contributed by atoms with Gasteiger partial charge in [0.25, 0.3) is 0 Å². The monoisotopic (exact) mass is 309 g/mol. The van der Waals surface area contributed by atoms with Crippen LogP contribution in [0, 0.1) is 5.82 Å². The van der Waals surface area contributed by atoms with Crippen LogP contribution < -0.4 is 5.32 Å². The van der Waals surface area contributed by atoms with E-state index in [0.29, 0.717) is 17.0 Å². The van der Waals surface area contributed by atoms with Crippen molar-refractivity contribution in [1.82, 2.24) is 5.32 Å². The van der Waals surface area contributed by atoms with Crippen molar-refractivity contribution in [2.45, 2.75) is 39.2 Å². The molecule has 1 N–H and O–H groups in total. The van der Waals surface area contributed by atoms with Crippen molar-refractivity contribution in [2.24, 2.45) is 0 Å². The predicted molar refractivity (Wildman–Crippen MR) is 84.2 cm³/mol. The minimum atomic E-state index is -0.270. The van der Waals surface area contributed by atoms with E-state index in [4.69, 9.17) is 16.0 Å². The Morgan fingerprint density at radius 1 is 1.24 bits per heavy atom. The van der Waals surface area contributed by atoms with Crippen LogP contribution in [-0.2, 0) is 12.8 Å². The molecule has 0 amide bonds. The predicted octanol–water partition coefficient (Wildman–Crippen LogP) is 4.92. The van der Waals surface area contributed by atoms with Gasteiger partial charge in [0.15, 0.2) is 0 Å². The molecule has 0 fully saturated rings. The molecule has 0 bridgehead atoms. The van der Waals surface area contributed by atoms with E-state index in [0.717, 1.165) is 30.9 Å². The Morgan fingerprint density at radius 3 is 2.67 bits per heavy atom. The molecule has 0 saturated carbocycles. The highest BCUT2D eigenvalue weighted by Crippen LogP contribution is 2.27. The van der Waals surface area contributed by atoms with Gasteiger partial charge in [0.05, 0.1) is 6.04 Å². The first kappa shape index (κ1) is 16.1. The largest absolute Gasteiger partial charge is 0.464 e. The van der Waals surface area contributed by atoms with Crippen molar-refractivity contribution >= 4 is 11.6 Å². The summed E-state index contributed by atoms with van der Waals surface area (Å²) in [5, 5.41) is 3.87. The summed E-state index contributed by atoms with van der Waals surface area (Å²) in [5.41, 5.74) is 0.530. The number of rotatable bonds is 7. The molecule has 0 aliphatic rings. The summed E-state index contributed by atoms with van der Waals surface area (Å²) in [5.74, 6) is 1.50. The molecule has 1 atom stereocenters. The Balaban J connectivity index is 2.23. The lowest BCUT2D eigenvalue weighted by Crippen LogP contribution is -2.24. The topological polar surface area (TPSA) is 25.2 Å². The molecule has 1 aromatic carbocycles. The highest BCUT2D eigenvalue weighted by atomic mass is 35.5. The van der Waals surface area contributed by atoms with E-state index in [1.807, 2.05) is 19.1 Å². The van der Waals surface area contributed by atoms with Crippen LogP contribution in [0.3, 0.4) is 0 Å². The van der Waals surface area contributed by atoms with Crippen LogP contribution in [0.25, 0.3) is 0 Å². The number of benzene rings is 1. The van der Waals surface area contributed by atoms with Gasteiger partial charge in [-0.1, -0.05) is 31.5 Å². The van der Waals surface area contributed by atoms with Crippen LogP contribution in [-0.4, -0.2) is 6.54 Å². The average Bonchev–Trinajstić information content (AvgIpc) is 2.95. The standard InChI is InChI=1S/C17H21ClFNO/c1-3-10-20-16(17-9-8-12(4-2)21-17)11-13-14(18)6-5-7-15(13)19/h5-9,16,20H,3-4,10-11H2,1-2H3. The fourth-order valence-corrected chi connectivity index (χ4v) is 2.54. The summed E-state index contributed by atoms with van der Waals surface area (Å²) in [6.45, 7) is 4.99. The lowest BCUT2D eigenvalue weighted by Gasteiger charge is -2.17. The first-order chi connectivity index (χ1) is 10.2. The van der Waals surface area contributed by atoms with Crippen molar-refractivity contribution in [3.8, 4) is 0 Å². The lowest BCUT2D eigenvalue weighted by molar-refractivity contribution is 0.389. The van der Waals surface area contributed by atoms with E-state index >= 15 is 0 Å². The molecular formula is C17H21ClFNO. The molecule has 0 aliphatic carbocycles. The summed E-state index contributed by atoms with van der Waals surface area (Å²) in [4.78, 5) is 0. The van der Waals surface area contributed by atoms with E-state index in [9.17, 15) is 4.39 Å². The zero-order valence-electron chi connectivity index (χ0n) is 12.5. The highest BCUT2D eigenvalue weighted by Gasteiger charge is 2.19. The molecule has 1 unspecified atom stereocenters. The van der Waals surface area contributed by atoms with Crippen molar-refractivity contribution in [3.63, 3.8) is 0 Å². The fraction of sp³-hybridized carbons (Fsp3) is 0.412. The first-order valence-electron chi connectivity index (χ1n) is 7.40. The molecule has 1 aromatic heterocycles. The summed E-state index contributed by atoms with van der Waals surface area (Å²) >= 11 is 6.13. The summed E-state index contributed by atoms with van der Waals surface area (Å²) in [7, 11) is 0. The maximum atomic E-state index is 14.0. The smallest absolute Gasteiger partial charge is 0.127 e. The second kappa shape index (κ2) is 7.62. The third-order valence-corrected chi connectivity index (χ3v) is 3.84. The maximum Gasteiger partial charge on any atom is 0.127 e. The highest BCUT2D eigenvalue weighted by molar-refractivity contribution is 6.31. The van der Waals surface area contributed by atoms with Crippen molar-refractivity contribution < 1.29 is 8.81 Å². The van der Waals surface area contributed by atoms with Gasteiger partial charge in [-0.3, -0.25) is 0 Å². The molecule has 0 saturated heterocycles. The molecule has 2 aromatic rings. The van der Waals surface area contributed by atoms with Gasteiger partial charge in [-0.15, -0.1) is 0 Å². The van der Waals surface area contributed by atoms with E-state index in [1.165, 1.54) is 6.07 Å². The third kappa shape index (κ3) is 4.08. The van der Waals surface area contributed by atoms with Gasteiger partial charge >= 0.3 is 0 Å². The molecule has 4 heteroatoms. The number of furan rings is 1. The van der Waals surface area contributed by atoms with E-state index in [1.54, 1.807) is 12.1 Å². The van der Waals surface area contributed by atoms with Gasteiger partial charge < -0.3 is 9.73 Å². The quantitative estimate of drug-likeness (QED) is 0.785. The van der Waals surface area contributed by atoms with Gasteiger partial charge in [-0.05, 0) is 43.7 Å². The van der Waals surface area contributed by atoms with Crippen molar-refractivity contribution in [2.75, 3.05) is 6.54 Å². The van der Waals surface area contributed by atoms with Crippen LogP contribution in [0.15, 0.2) is 34.7 Å². The van der Waals surface area contributed by atoms with Gasteiger partial charge in [0.2, 0.25) is 0 Å². The fourth-order valence-electron chi connectivity index (χ4n) is 2.30. The Morgan fingerprint density at radius 2 is 2.05 bits per heavy atom. The number of hydrogen-bond donors (Lipinski definition) is 1. The molecule has 0 radical (unpaired) electrons. The Labute approximate surface area is 130 Å². The summed E-state index contributed by atoms with van der Waals surface area (Å²) < 4.78 is 19.8. The second-order valence-electron chi connectivity index (χ2n) is 5.07. The first-order valence-corrected chi connectivity index (χ1v) is 7.78. The number of nitrogens with one attached hydrogen (secondary N) is 1. The van der Waals surface area contributed by atoms with Crippen LogP contribution >= 0.6 is 11.6 Å². The molecular weight excluding hydrogens is 289 g/mol.